The third-order valence-corrected chi connectivity index (χ3v) is 4.28. The van der Waals surface area contributed by atoms with Gasteiger partial charge in [0.05, 0.1) is 0 Å². The summed E-state index contributed by atoms with van der Waals surface area (Å²) in [6.45, 7) is 6.46. The summed E-state index contributed by atoms with van der Waals surface area (Å²) >= 11 is 2.05. The molecule has 0 heterocycles. The molecule has 1 N–H and O–H groups in total. The quantitative estimate of drug-likeness (QED) is 0.737. The molecule has 1 atom stereocenters. The molecule has 0 spiro atoms. The minimum Gasteiger partial charge on any atom is -0.384 e. The minimum absolute atomic E-state index is 0.0911. The lowest BCUT2D eigenvalue weighted by molar-refractivity contribution is 0.219. The molecule has 2 rings (SSSR count). The van der Waals surface area contributed by atoms with E-state index < -0.39 is 6.10 Å². The van der Waals surface area contributed by atoms with Gasteiger partial charge < -0.3 is 5.11 Å². The van der Waals surface area contributed by atoms with Gasteiger partial charge in [0, 0.05) is 3.57 Å². The normalized spacial score (nSPS) is 13.3. The van der Waals surface area contributed by atoms with E-state index >= 15 is 0 Å². The van der Waals surface area contributed by atoms with Crippen molar-refractivity contribution in [2.75, 3.05) is 0 Å². The summed E-state index contributed by atoms with van der Waals surface area (Å²) in [5.74, 6) is -0.284. The zero-order valence-corrected chi connectivity index (χ0v) is 14.0. The van der Waals surface area contributed by atoms with Crippen LogP contribution in [0, 0.1) is 9.39 Å². The lowest BCUT2D eigenvalue weighted by Crippen LogP contribution is -2.11. The van der Waals surface area contributed by atoms with Crippen LogP contribution in [0.15, 0.2) is 42.5 Å². The van der Waals surface area contributed by atoms with Crippen LogP contribution >= 0.6 is 22.6 Å². The summed E-state index contributed by atoms with van der Waals surface area (Å²) in [5.41, 5.74) is 2.87. The van der Waals surface area contributed by atoms with Crippen molar-refractivity contribution in [1.82, 2.24) is 0 Å². The number of halogens is 2. The standard InChI is InChI=1S/C17H18FIO/c1-17(2,3)12-6-4-11(5-7-12)16(20)14-9-8-13(18)10-15(14)19/h4-10,16,20H,1-3H3. The summed E-state index contributed by atoms with van der Waals surface area (Å²) in [6, 6.07) is 12.4. The third-order valence-electron chi connectivity index (χ3n) is 3.35. The fourth-order valence-electron chi connectivity index (χ4n) is 2.07. The number of aliphatic hydroxyl groups is 1. The Morgan fingerprint density at radius 3 is 2.15 bits per heavy atom. The van der Waals surface area contributed by atoms with E-state index in [1.807, 2.05) is 46.9 Å². The molecule has 1 nitrogen and oxygen atoms in total. The Morgan fingerprint density at radius 2 is 1.65 bits per heavy atom. The van der Waals surface area contributed by atoms with Crippen LogP contribution in [0.1, 0.15) is 43.6 Å². The van der Waals surface area contributed by atoms with Gasteiger partial charge in [0.15, 0.2) is 0 Å². The minimum atomic E-state index is -0.725. The molecule has 2 aromatic rings. The van der Waals surface area contributed by atoms with Crippen LogP contribution in [-0.4, -0.2) is 5.11 Å². The maximum absolute atomic E-state index is 13.1. The molecule has 0 saturated carbocycles. The number of rotatable bonds is 2. The number of hydrogen-bond donors (Lipinski definition) is 1. The van der Waals surface area contributed by atoms with E-state index in [-0.39, 0.29) is 11.2 Å². The average Bonchev–Trinajstić information content (AvgIpc) is 2.37. The van der Waals surface area contributed by atoms with E-state index in [9.17, 15) is 9.50 Å². The van der Waals surface area contributed by atoms with Gasteiger partial charge in [0.2, 0.25) is 0 Å². The van der Waals surface area contributed by atoms with Crippen LogP contribution in [0.2, 0.25) is 0 Å². The Bertz CT molecular complexity index is 599. The molecule has 0 aromatic heterocycles. The van der Waals surface area contributed by atoms with Crippen LogP contribution in [0.4, 0.5) is 4.39 Å². The van der Waals surface area contributed by atoms with Crippen molar-refractivity contribution in [3.05, 3.63) is 68.5 Å². The van der Waals surface area contributed by atoms with Gasteiger partial charge in [-0.05, 0) is 56.8 Å². The predicted octanol–water partition coefficient (Wildman–Crippen LogP) is 4.81. The van der Waals surface area contributed by atoms with Crippen LogP contribution in [0.25, 0.3) is 0 Å². The lowest BCUT2D eigenvalue weighted by atomic mass is 9.86. The van der Waals surface area contributed by atoms with Crippen molar-refractivity contribution in [3.63, 3.8) is 0 Å². The molecular weight excluding hydrogens is 366 g/mol. The van der Waals surface area contributed by atoms with Crippen molar-refractivity contribution in [1.29, 1.82) is 0 Å². The highest BCUT2D eigenvalue weighted by Crippen LogP contribution is 2.29. The van der Waals surface area contributed by atoms with Crippen molar-refractivity contribution in [2.45, 2.75) is 32.3 Å². The molecule has 3 heteroatoms. The highest BCUT2D eigenvalue weighted by Gasteiger charge is 2.17. The Hall–Kier alpha value is -0.940. The van der Waals surface area contributed by atoms with E-state index in [0.29, 0.717) is 0 Å². The van der Waals surface area contributed by atoms with E-state index in [1.165, 1.54) is 17.7 Å². The van der Waals surface area contributed by atoms with E-state index in [1.54, 1.807) is 6.07 Å². The summed E-state index contributed by atoms with van der Waals surface area (Å²) < 4.78 is 13.8. The molecule has 0 amide bonds. The van der Waals surface area contributed by atoms with Crippen molar-refractivity contribution in [3.8, 4) is 0 Å². The van der Waals surface area contributed by atoms with Crippen molar-refractivity contribution in [2.24, 2.45) is 0 Å². The van der Waals surface area contributed by atoms with Gasteiger partial charge in [-0.25, -0.2) is 4.39 Å². The highest BCUT2D eigenvalue weighted by atomic mass is 127. The van der Waals surface area contributed by atoms with Gasteiger partial charge in [0.1, 0.15) is 11.9 Å². The van der Waals surface area contributed by atoms with E-state index in [2.05, 4.69) is 20.8 Å². The Balaban J connectivity index is 2.31. The summed E-state index contributed by atoms with van der Waals surface area (Å²) in [7, 11) is 0. The number of aliphatic hydroxyl groups excluding tert-OH is 1. The molecule has 1 unspecified atom stereocenters. The van der Waals surface area contributed by atoms with Gasteiger partial charge in [0.25, 0.3) is 0 Å². The molecule has 0 radical (unpaired) electrons. The highest BCUT2D eigenvalue weighted by molar-refractivity contribution is 14.1. The van der Waals surface area contributed by atoms with E-state index in [4.69, 9.17) is 0 Å². The molecule has 0 aliphatic rings. The molecule has 0 aliphatic carbocycles. The fourth-order valence-corrected chi connectivity index (χ4v) is 2.84. The monoisotopic (exact) mass is 384 g/mol. The Morgan fingerprint density at radius 1 is 1.05 bits per heavy atom. The second kappa shape index (κ2) is 5.82. The average molecular weight is 384 g/mol. The zero-order chi connectivity index (χ0) is 14.9. The summed E-state index contributed by atoms with van der Waals surface area (Å²) in [4.78, 5) is 0. The molecule has 0 bridgehead atoms. The smallest absolute Gasteiger partial charge is 0.124 e. The zero-order valence-electron chi connectivity index (χ0n) is 11.8. The molecule has 2 aromatic carbocycles. The first-order valence-corrected chi connectivity index (χ1v) is 7.60. The molecular formula is C17H18FIO. The molecule has 20 heavy (non-hydrogen) atoms. The Labute approximate surface area is 133 Å². The lowest BCUT2D eigenvalue weighted by Gasteiger charge is -2.20. The molecule has 0 saturated heterocycles. The van der Waals surface area contributed by atoms with Crippen molar-refractivity contribution >= 4 is 22.6 Å². The van der Waals surface area contributed by atoms with E-state index in [0.717, 1.165) is 14.7 Å². The maximum Gasteiger partial charge on any atom is 0.124 e. The van der Waals surface area contributed by atoms with Gasteiger partial charge in [-0.1, -0.05) is 51.1 Å². The molecule has 106 valence electrons. The van der Waals surface area contributed by atoms with Crippen LogP contribution in [-0.2, 0) is 5.41 Å². The summed E-state index contributed by atoms with van der Waals surface area (Å²) in [6.07, 6.45) is -0.725. The number of hydrogen-bond acceptors (Lipinski definition) is 1. The third kappa shape index (κ3) is 3.38. The van der Waals surface area contributed by atoms with Gasteiger partial charge in [-0.2, -0.15) is 0 Å². The first-order chi connectivity index (χ1) is 9.29. The van der Waals surface area contributed by atoms with Gasteiger partial charge >= 0.3 is 0 Å². The first kappa shape index (κ1) is 15.4. The molecule has 0 fully saturated rings. The second-order valence-corrected chi connectivity index (χ2v) is 7.10. The first-order valence-electron chi connectivity index (χ1n) is 6.52. The largest absolute Gasteiger partial charge is 0.384 e. The summed E-state index contributed by atoms with van der Waals surface area (Å²) in [5, 5.41) is 10.4. The number of benzene rings is 2. The van der Waals surface area contributed by atoms with Crippen LogP contribution < -0.4 is 0 Å². The molecule has 0 aliphatic heterocycles. The predicted molar refractivity (Wildman–Crippen MR) is 88.3 cm³/mol. The topological polar surface area (TPSA) is 20.2 Å². The maximum atomic E-state index is 13.1. The van der Waals surface area contributed by atoms with Crippen LogP contribution in [0.5, 0.6) is 0 Å². The van der Waals surface area contributed by atoms with Crippen LogP contribution in [0.3, 0.4) is 0 Å². The van der Waals surface area contributed by atoms with Gasteiger partial charge in [-0.3, -0.25) is 0 Å². The second-order valence-electron chi connectivity index (χ2n) is 5.94. The fraction of sp³-hybridized carbons (Fsp3) is 0.294. The SMILES string of the molecule is CC(C)(C)c1ccc(C(O)c2ccc(F)cc2I)cc1. The van der Waals surface area contributed by atoms with Crippen molar-refractivity contribution < 1.29 is 9.50 Å². The van der Waals surface area contributed by atoms with Gasteiger partial charge in [-0.15, -0.1) is 0 Å². The Kier molecular flexibility index (Phi) is 4.49.